The van der Waals surface area contributed by atoms with Gasteiger partial charge in [-0.05, 0) is 51.5 Å². The molecule has 22 heavy (non-hydrogen) atoms. The summed E-state index contributed by atoms with van der Waals surface area (Å²) in [6.45, 7) is 1.06. The highest BCUT2D eigenvalue weighted by Crippen LogP contribution is 2.34. The van der Waals surface area contributed by atoms with E-state index in [1.807, 2.05) is 0 Å². The Morgan fingerprint density at radius 1 is 1.18 bits per heavy atom. The van der Waals surface area contributed by atoms with Gasteiger partial charge in [-0.3, -0.25) is 4.79 Å². The fourth-order valence-electron chi connectivity index (χ4n) is 3.58. The fourth-order valence-corrected chi connectivity index (χ4v) is 3.58. The molecule has 1 atom stereocenters. The highest BCUT2D eigenvalue weighted by molar-refractivity contribution is 5.76. The van der Waals surface area contributed by atoms with Gasteiger partial charge in [0.05, 0.1) is 11.5 Å². The molecule has 0 aromatic carbocycles. The van der Waals surface area contributed by atoms with E-state index in [0.29, 0.717) is 38.4 Å². The van der Waals surface area contributed by atoms with E-state index in [-0.39, 0.29) is 12.6 Å². The number of nitrogens with one attached hydrogen (secondary N) is 1. The number of carboxylic acids is 1. The van der Waals surface area contributed by atoms with Crippen LogP contribution < -0.4 is 5.32 Å². The van der Waals surface area contributed by atoms with Crippen LogP contribution in [0.25, 0.3) is 0 Å². The van der Waals surface area contributed by atoms with Crippen LogP contribution in [0.1, 0.15) is 44.9 Å². The Balaban J connectivity index is 1.86. The number of likely N-dealkylation sites (tertiary alicyclic amines) is 1. The van der Waals surface area contributed by atoms with Gasteiger partial charge < -0.3 is 25.5 Å². The smallest absolute Gasteiger partial charge is 0.407 e. The molecule has 1 aliphatic heterocycles. The molecule has 2 aliphatic rings. The van der Waals surface area contributed by atoms with E-state index in [1.54, 1.807) is 0 Å². The Bertz CT molecular complexity index is 409. The lowest BCUT2D eigenvalue weighted by Gasteiger charge is -2.39. The molecule has 1 amide bonds. The molecule has 1 saturated heterocycles. The maximum atomic E-state index is 11.7. The molecule has 0 spiro atoms. The molecule has 2 rings (SSSR count). The number of aliphatic hydroxyl groups is 1. The van der Waals surface area contributed by atoms with Crippen molar-refractivity contribution < 1.29 is 24.9 Å². The van der Waals surface area contributed by atoms with Gasteiger partial charge in [-0.2, -0.15) is 0 Å². The summed E-state index contributed by atoms with van der Waals surface area (Å²) in [5.74, 6) is -0.903. The van der Waals surface area contributed by atoms with Crippen LogP contribution in [0, 0.1) is 5.41 Å². The summed E-state index contributed by atoms with van der Waals surface area (Å²) in [6, 6.07) is 0.327. The fraction of sp³-hybridized carbons (Fsp3) is 0.867. The first kappa shape index (κ1) is 17.0. The van der Waals surface area contributed by atoms with E-state index in [0.717, 1.165) is 25.7 Å². The Kier molecular flexibility index (Phi) is 5.63. The molecule has 0 radical (unpaired) electrons. The van der Waals surface area contributed by atoms with Crippen molar-refractivity contribution >= 4 is 12.1 Å². The summed E-state index contributed by atoms with van der Waals surface area (Å²) >= 11 is 0. The molecular weight excluding hydrogens is 288 g/mol. The van der Waals surface area contributed by atoms with Gasteiger partial charge in [0, 0.05) is 19.1 Å². The van der Waals surface area contributed by atoms with E-state index >= 15 is 0 Å². The summed E-state index contributed by atoms with van der Waals surface area (Å²) in [7, 11) is 0. The zero-order valence-corrected chi connectivity index (χ0v) is 12.8. The van der Waals surface area contributed by atoms with Crippen molar-refractivity contribution in [3.05, 3.63) is 0 Å². The summed E-state index contributed by atoms with van der Waals surface area (Å²) in [5, 5.41) is 31.5. The molecule has 0 bridgehead atoms. The summed E-state index contributed by atoms with van der Waals surface area (Å²) in [5.41, 5.74) is -0.974. The average molecular weight is 314 g/mol. The van der Waals surface area contributed by atoms with Crippen LogP contribution >= 0.6 is 0 Å². The number of carboxylic acid groups (broad SMARTS) is 2. The van der Waals surface area contributed by atoms with Crippen molar-refractivity contribution in [2.45, 2.75) is 57.1 Å². The maximum absolute atomic E-state index is 11.7. The number of nitrogens with zero attached hydrogens (tertiary/aromatic N) is 1. The van der Waals surface area contributed by atoms with Crippen LogP contribution in [0.3, 0.4) is 0 Å². The van der Waals surface area contributed by atoms with Crippen LogP contribution in [-0.2, 0) is 4.79 Å². The number of piperidine rings is 1. The highest BCUT2D eigenvalue weighted by Gasteiger charge is 2.43. The first-order valence-corrected chi connectivity index (χ1v) is 8.06. The van der Waals surface area contributed by atoms with Crippen molar-refractivity contribution in [3.63, 3.8) is 0 Å². The number of aliphatic carboxylic acids is 1. The van der Waals surface area contributed by atoms with Crippen molar-refractivity contribution in [2.24, 2.45) is 5.41 Å². The zero-order valence-electron chi connectivity index (χ0n) is 12.8. The largest absolute Gasteiger partial charge is 0.481 e. The quantitative estimate of drug-likeness (QED) is 0.605. The van der Waals surface area contributed by atoms with Crippen LogP contribution in [-0.4, -0.2) is 64.1 Å². The topological polar surface area (TPSA) is 110 Å². The second-order valence-corrected chi connectivity index (χ2v) is 6.60. The van der Waals surface area contributed by atoms with Crippen molar-refractivity contribution in [3.8, 4) is 0 Å². The lowest BCUT2D eigenvalue weighted by Crippen LogP contribution is -2.51. The van der Waals surface area contributed by atoms with E-state index in [1.165, 1.54) is 4.90 Å². The standard InChI is InChI=1S/C15H26N2O5/c18-12-4-2-11(3-5-12)16-8-7-15(13(19)20)6-1-9-17(10-15)14(21)22/h11-12,16,18H,1-10H2,(H,19,20)(H,21,22). The lowest BCUT2D eigenvalue weighted by molar-refractivity contribution is -0.152. The molecule has 1 saturated carbocycles. The molecule has 0 aromatic rings. The van der Waals surface area contributed by atoms with E-state index < -0.39 is 17.5 Å². The second-order valence-electron chi connectivity index (χ2n) is 6.60. The van der Waals surface area contributed by atoms with E-state index in [9.17, 15) is 19.8 Å². The second kappa shape index (κ2) is 7.28. The summed E-state index contributed by atoms with van der Waals surface area (Å²) in [4.78, 5) is 24.0. The molecule has 1 heterocycles. The van der Waals surface area contributed by atoms with Crippen molar-refractivity contribution in [2.75, 3.05) is 19.6 Å². The molecule has 0 aromatic heterocycles. The predicted molar refractivity (Wildman–Crippen MR) is 79.8 cm³/mol. The Labute approximate surface area is 130 Å². The molecular formula is C15H26N2O5. The van der Waals surface area contributed by atoms with Gasteiger partial charge in [0.25, 0.3) is 0 Å². The molecule has 7 heteroatoms. The van der Waals surface area contributed by atoms with E-state index in [2.05, 4.69) is 5.32 Å². The van der Waals surface area contributed by atoms with Gasteiger partial charge in [-0.15, -0.1) is 0 Å². The number of hydrogen-bond acceptors (Lipinski definition) is 4. The molecule has 1 unspecified atom stereocenters. The average Bonchev–Trinajstić information content (AvgIpc) is 2.49. The number of hydrogen-bond donors (Lipinski definition) is 4. The number of carbonyl (C=O) groups is 2. The van der Waals surface area contributed by atoms with Gasteiger partial charge >= 0.3 is 12.1 Å². The predicted octanol–water partition coefficient (Wildman–Crippen LogP) is 1.11. The first-order valence-electron chi connectivity index (χ1n) is 8.06. The van der Waals surface area contributed by atoms with Gasteiger partial charge in [0.15, 0.2) is 0 Å². The van der Waals surface area contributed by atoms with E-state index in [4.69, 9.17) is 5.11 Å². The Morgan fingerprint density at radius 3 is 2.45 bits per heavy atom. The number of rotatable bonds is 5. The number of amides is 1. The van der Waals surface area contributed by atoms with Crippen LogP contribution in [0.15, 0.2) is 0 Å². The minimum Gasteiger partial charge on any atom is -0.481 e. The van der Waals surface area contributed by atoms with Crippen LogP contribution in [0.5, 0.6) is 0 Å². The van der Waals surface area contributed by atoms with Gasteiger partial charge in [-0.25, -0.2) is 4.79 Å². The third kappa shape index (κ3) is 4.10. The Hall–Kier alpha value is -1.34. The lowest BCUT2D eigenvalue weighted by atomic mass is 9.77. The van der Waals surface area contributed by atoms with Crippen molar-refractivity contribution in [1.29, 1.82) is 0 Å². The minimum atomic E-state index is -1.04. The molecule has 7 nitrogen and oxygen atoms in total. The number of aliphatic hydroxyl groups excluding tert-OH is 1. The molecule has 1 aliphatic carbocycles. The van der Waals surface area contributed by atoms with Crippen LogP contribution in [0.4, 0.5) is 4.79 Å². The Morgan fingerprint density at radius 2 is 1.86 bits per heavy atom. The maximum Gasteiger partial charge on any atom is 0.407 e. The molecule has 4 N–H and O–H groups in total. The highest BCUT2D eigenvalue weighted by atomic mass is 16.4. The SMILES string of the molecule is O=C(O)N1CCCC(CCNC2CCC(O)CC2)(C(=O)O)C1. The molecule has 2 fully saturated rings. The van der Waals surface area contributed by atoms with Gasteiger partial charge in [-0.1, -0.05) is 0 Å². The van der Waals surface area contributed by atoms with Crippen LogP contribution in [0.2, 0.25) is 0 Å². The first-order chi connectivity index (χ1) is 10.4. The monoisotopic (exact) mass is 314 g/mol. The van der Waals surface area contributed by atoms with Gasteiger partial charge in [0.2, 0.25) is 0 Å². The minimum absolute atomic E-state index is 0.0722. The summed E-state index contributed by atoms with van der Waals surface area (Å²) in [6.07, 6.45) is 3.69. The zero-order chi connectivity index (χ0) is 16.2. The normalized spacial score (nSPS) is 32.7. The summed E-state index contributed by atoms with van der Waals surface area (Å²) < 4.78 is 0. The van der Waals surface area contributed by atoms with Crippen molar-refractivity contribution in [1.82, 2.24) is 10.2 Å². The van der Waals surface area contributed by atoms with Gasteiger partial charge in [0.1, 0.15) is 0 Å². The third-order valence-corrected chi connectivity index (χ3v) is 5.03. The third-order valence-electron chi connectivity index (χ3n) is 5.03. The molecule has 126 valence electrons.